The van der Waals surface area contributed by atoms with Crippen LogP contribution in [-0.2, 0) is 9.59 Å². The molecule has 1 unspecified atom stereocenters. The average Bonchev–Trinajstić information content (AvgIpc) is 2.56. The largest absolute Gasteiger partial charge is 0.356 e. The van der Waals surface area contributed by atoms with Gasteiger partial charge in [-0.3, -0.25) is 9.59 Å². The zero-order valence-electron chi connectivity index (χ0n) is 8.88. The van der Waals surface area contributed by atoms with Crippen LogP contribution in [0.25, 0.3) is 0 Å². The summed E-state index contributed by atoms with van der Waals surface area (Å²) in [4.78, 5) is 24.6. The lowest BCUT2D eigenvalue weighted by Gasteiger charge is -2.13. The Morgan fingerprint density at radius 3 is 2.79 bits per heavy atom. The molecule has 4 heteroatoms. The van der Waals surface area contributed by atoms with E-state index in [1.54, 1.807) is 4.90 Å². The molecule has 1 saturated heterocycles. The van der Waals surface area contributed by atoms with Crippen LogP contribution in [0.5, 0.6) is 0 Å². The van der Waals surface area contributed by atoms with E-state index in [9.17, 15) is 9.59 Å². The van der Waals surface area contributed by atoms with Crippen LogP contribution in [0.3, 0.4) is 0 Å². The third-order valence-corrected chi connectivity index (χ3v) is 2.52. The van der Waals surface area contributed by atoms with Crippen LogP contribution in [0.15, 0.2) is 0 Å². The summed E-state index contributed by atoms with van der Waals surface area (Å²) < 4.78 is 0. The number of likely N-dealkylation sites (tertiary alicyclic amines) is 1. The van der Waals surface area contributed by atoms with Gasteiger partial charge in [0, 0.05) is 26.1 Å². The molecule has 0 aliphatic carbocycles. The zero-order chi connectivity index (χ0) is 10.6. The summed E-state index contributed by atoms with van der Waals surface area (Å²) in [5, 5.41) is 2.82. The molecular formula is C10H18N2O2. The van der Waals surface area contributed by atoms with E-state index in [1.165, 1.54) is 0 Å². The summed E-state index contributed by atoms with van der Waals surface area (Å²) in [6.07, 6.45) is 1.31. The number of amides is 2. The predicted molar refractivity (Wildman–Crippen MR) is 53.7 cm³/mol. The van der Waals surface area contributed by atoms with Crippen LogP contribution >= 0.6 is 0 Å². The molecule has 1 aliphatic rings. The molecule has 1 aliphatic heterocycles. The highest BCUT2D eigenvalue weighted by atomic mass is 16.2. The maximum Gasteiger partial charge on any atom is 0.225 e. The monoisotopic (exact) mass is 198 g/mol. The third-order valence-electron chi connectivity index (χ3n) is 2.52. The van der Waals surface area contributed by atoms with Crippen LogP contribution in [0.2, 0.25) is 0 Å². The maximum absolute atomic E-state index is 11.5. The Hall–Kier alpha value is -1.06. The lowest BCUT2D eigenvalue weighted by molar-refractivity contribution is -0.128. The molecule has 0 bridgehead atoms. The predicted octanol–water partition coefficient (Wildman–Crippen LogP) is 0.381. The van der Waals surface area contributed by atoms with Crippen LogP contribution in [0.1, 0.15) is 26.7 Å². The summed E-state index contributed by atoms with van der Waals surface area (Å²) >= 11 is 0. The van der Waals surface area contributed by atoms with E-state index in [-0.39, 0.29) is 17.7 Å². The molecule has 80 valence electrons. The SMILES string of the molecule is CCCNC(=O)C1CC(=O)N(CC)C1. The second-order valence-corrected chi connectivity index (χ2v) is 3.62. The third kappa shape index (κ3) is 2.47. The smallest absolute Gasteiger partial charge is 0.225 e. The second-order valence-electron chi connectivity index (χ2n) is 3.62. The van der Waals surface area contributed by atoms with Gasteiger partial charge in [-0.1, -0.05) is 6.92 Å². The van der Waals surface area contributed by atoms with E-state index in [1.807, 2.05) is 13.8 Å². The molecule has 0 aromatic rings. The van der Waals surface area contributed by atoms with E-state index in [2.05, 4.69) is 5.32 Å². The minimum absolute atomic E-state index is 0.0242. The first kappa shape index (κ1) is 11.0. The lowest BCUT2D eigenvalue weighted by atomic mass is 10.1. The van der Waals surface area contributed by atoms with Gasteiger partial charge in [0.2, 0.25) is 11.8 Å². The van der Waals surface area contributed by atoms with Gasteiger partial charge in [0.1, 0.15) is 0 Å². The molecule has 2 amide bonds. The first-order valence-electron chi connectivity index (χ1n) is 5.24. The molecule has 1 rings (SSSR count). The van der Waals surface area contributed by atoms with Gasteiger partial charge in [-0.05, 0) is 13.3 Å². The number of nitrogens with zero attached hydrogens (tertiary/aromatic N) is 1. The first-order valence-corrected chi connectivity index (χ1v) is 5.24. The number of carbonyl (C=O) groups is 2. The standard InChI is InChI=1S/C10H18N2O2/c1-3-5-11-10(14)8-6-9(13)12(4-2)7-8/h8H,3-7H2,1-2H3,(H,11,14). The summed E-state index contributed by atoms with van der Waals surface area (Å²) in [6, 6.07) is 0. The molecule has 4 nitrogen and oxygen atoms in total. The van der Waals surface area contributed by atoms with Gasteiger partial charge in [-0.25, -0.2) is 0 Å². The van der Waals surface area contributed by atoms with Crippen molar-refractivity contribution in [2.45, 2.75) is 26.7 Å². The molecule has 1 atom stereocenters. The van der Waals surface area contributed by atoms with Crippen molar-refractivity contribution in [3.63, 3.8) is 0 Å². The summed E-state index contributed by atoms with van der Waals surface area (Å²) in [6.45, 7) is 5.94. The Bertz CT molecular complexity index is 228. The maximum atomic E-state index is 11.5. The van der Waals surface area contributed by atoms with Crippen molar-refractivity contribution in [3.05, 3.63) is 0 Å². The zero-order valence-corrected chi connectivity index (χ0v) is 8.88. The number of rotatable bonds is 4. The van der Waals surface area contributed by atoms with Crippen molar-refractivity contribution in [1.82, 2.24) is 10.2 Å². The minimum atomic E-state index is -0.131. The van der Waals surface area contributed by atoms with Crippen molar-refractivity contribution >= 4 is 11.8 Å². The topological polar surface area (TPSA) is 49.4 Å². The van der Waals surface area contributed by atoms with Crippen molar-refractivity contribution in [2.75, 3.05) is 19.6 Å². The van der Waals surface area contributed by atoms with E-state index in [0.717, 1.165) is 6.42 Å². The van der Waals surface area contributed by atoms with Crippen LogP contribution in [0.4, 0.5) is 0 Å². The summed E-state index contributed by atoms with van der Waals surface area (Å²) in [7, 11) is 0. The van der Waals surface area contributed by atoms with E-state index in [4.69, 9.17) is 0 Å². The van der Waals surface area contributed by atoms with Crippen molar-refractivity contribution < 1.29 is 9.59 Å². The fourth-order valence-electron chi connectivity index (χ4n) is 1.65. The summed E-state index contributed by atoms with van der Waals surface area (Å²) in [5.74, 6) is -0.00528. The first-order chi connectivity index (χ1) is 6.69. The van der Waals surface area contributed by atoms with Crippen LogP contribution in [-0.4, -0.2) is 36.3 Å². The number of nitrogens with one attached hydrogen (secondary N) is 1. The Balaban J connectivity index is 2.40. The van der Waals surface area contributed by atoms with Gasteiger partial charge in [0.05, 0.1) is 5.92 Å². The molecule has 0 radical (unpaired) electrons. The molecule has 14 heavy (non-hydrogen) atoms. The molecule has 1 heterocycles. The quantitative estimate of drug-likeness (QED) is 0.710. The van der Waals surface area contributed by atoms with Gasteiger partial charge < -0.3 is 10.2 Å². The van der Waals surface area contributed by atoms with E-state index < -0.39 is 0 Å². The highest BCUT2D eigenvalue weighted by molar-refractivity contribution is 5.89. The number of carbonyl (C=O) groups excluding carboxylic acids is 2. The second kappa shape index (κ2) is 4.98. The number of hydrogen-bond donors (Lipinski definition) is 1. The van der Waals surface area contributed by atoms with Gasteiger partial charge in [0.25, 0.3) is 0 Å². The molecule has 0 spiro atoms. The fraction of sp³-hybridized carbons (Fsp3) is 0.800. The fourth-order valence-corrected chi connectivity index (χ4v) is 1.65. The van der Waals surface area contributed by atoms with Crippen molar-refractivity contribution in [3.8, 4) is 0 Å². The highest BCUT2D eigenvalue weighted by Gasteiger charge is 2.32. The lowest BCUT2D eigenvalue weighted by Crippen LogP contribution is -2.33. The van der Waals surface area contributed by atoms with Crippen LogP contribution in [0, 0.1) is 5.92 Å². The van der Waals surface area contributed by atoms with Gasteiger partial charge in [-0.2, -0.15) is 0 Å². The molecule has 0 aromatic carbocycles. The Morgan fingerprint density at radius 1 is 1.57 bits per heavy atom. The van der Waals surface area contributed by atoms with Crippen molar-refractivity contribution in [2.24, 2.45) is 5.92 Å². The van der Waals surface area contributed by atoms with Gasteiger partial charge >= 0.3 is 0 Å². The normalized spacial score (nSPS) is 21.4. The highest BCUT2D eigenvalue weighted by Crippen LogP contribution is 2.17. The van der Waals surface area contributed by atoms with E-state index in [0.29, 0.717) is 26.1 Å². The molecule has 0 aromatic heterocycles. The Kier molecular flexibility index (Phi) is 3.92. The van der Waals surface area contributed by atoms with Crippen molar-refractivity contribution in [1.29, 1.82) is 0 Å². The average molecular weight is 198 g/mol. The minimum Gasteiger partial charge on any atom is -0.356 e. The van der Waals surface area contributed by atoms with Gasteiger partial charge in [-0.15, -0.1) is 0 Å². The molecule has 1 fully saturated rings. The molecular weight excluding hydrogens is 180 g/mol. The number of hydrogen-bond acceptors (Lipinski definition) is 2. The van der Waals surface area contributed by atoms with E-state index >= 15 is 0 Å². The van der Waals surface area contributed by atoms with Crippen LogP contribution < -0.4 is 5.32 Å². The molecule has 1 N–H and O–H groups in total. The summed E-state index contributed by atoms with van der Waals surface area (Å²) in [5.41, 5.74) is 0. The Morgan fingerprint density at radius 2 is 2.29 bits per heavy atom. The Labute approximate surface area is 84.7 Å². The van der Waals surface area contributed by atoms with Gasteiger partial charge in [0.15, 0.2) is 0 Å². The molecule has 0 saturated carbocycles.